The van der Waals surface area contributed by atoms with Crippen molar-refractivity contribution in [3.63, 3.8) is 0 Å². The van der Waals surface area contributed by atoms with Crippen molar-refractivity contribution in [1.29, 1.82) is 0 Å². The number of furan rings is 1. The maximum Gasteiger partial charge on any atom is 0.227 e. The van der Waals surface area contributed by atoms with E-state index in [9.17, 15) is 0 Å². The summed E-state index contributed by atoms with van der Waals surface area (Å²) in [5, 5.41) is 6.79. The summed E-state index contributed by atoms with van der Waals surface area (Å²) in [6.45, 7) is 0. The first-order valence-corrected chi connectivity index (χ1v) is 16.5. The molecule has 2 heterocycles. The average molecular weight is 629 g/mol. The molecule has 0 fully saturated rings. The smallest absolute Gasteiger partial charge is 0.227 e. The van der Waals surface area contributed by atoms with Gasteiger partial charge in [0.05, 0.1) is 11.1 Å². The minimum absolute atomic E-state index is 0.595. The number of benzene rings is 8. The number of aromatic nitrogens is 1. The Balaban J connectivity index is 1.20. The predicted molar refractivity (Wildman–Crippen MR) is 202 cm³/mol. The van der Waals surface area contributed by atoms with Crippen molar-refractivity contribution >= 4 is 71.6 Å². The van der Waals surface area contributed by atoms with Crippen LogP contribution in [0.4, 0.5) is 17.1 Å². The van der Waals surface area contributed by atoms with Gasteiger partial charge in [-0.3, -0.25) is 0 Å². The van der Waals surface area contributed by atoms with Crippen molar-refractivity contribution in [2.75, 3.05) is 4.90 Å². The van der Waals surface area contributed by atoms with E-state index in [4.69, 9.17) is 13.8 Å². The lowest BCUT2D eigenvalue weighted by atomic mass is 10.0. The summed E-state index contributed by atoms with van der Waals surface area (Å²) >= 11 is 0. The second-order valence-electron chi connectivity index (χ2n) is 12.4. The van der Waals surface area contributed by atoms with Gasteiger partial charge in [0.15, 0.2) is 11.2 Å². The van der Waals surface area contributed by atoms with Crippen LogP contribution in [0.25, 0.3) is 77.2 Å². The highest BCUT2D eigenvalue weighted by molar-refractivity contribution is 6.19. The van der Waals surface area contributed by atoms with Crippen molar-refractivity contribution < 1.29 is 8.83 Å². The Bertz CT molecular complexity index is 2820. The fraction of sp³-hybridized carbons (Fsp3) is 0. The minimum Gasteiger partial charge on any atom is -0.454 e. The van der Waals surface area contributed by atoms with E-state index < -0.39 is 0 Å². The third-order valence-electron chi connectivity index (χ3n) is 9.48. The number of anilines is 3. The summed E-state index contributed by atoms with van der Waals surface area (Å²) in [5.74, 6) is 0.595. The minimum atomic E-state index is 0.595. The van der Waals surface area contributed by atoms with E-state index in [-0.39, 0.29) is 0 Å². The third-order valence-corrected chi connectivity index (χ3v) is 9.48. The van der Waals surface area contributed by atoms with Gasteiger partial charge in [0.25, 0.3) is 0 Å². The molecule has 2 aromatic heterocycles. The molecular weight excluding hydrogens is 601 g/mol. The van der Waals surface area contributed by atoms with E-state index in [1.165, 1.54) is 32.7 Å². The van der Waals surface area contributed by atoms with Crippen LogP contribution in [0.15, 0.2) is 179 Å². The number of para-hydroxylation sites is 1. The lowest BCUT2D eigenvalue weighted by molar-refractivity contribution is 0.619. The molecule has 0 N–H and O–H groups in total. The zero-order valence-corrected chi connectivity index (χ0v) is 26.4. The van der Waals surface area contributed by atoms with Gasteiger partial charge in [0, 0.05) is 22.3 Å². The van der Waals surface area contributed by atoms with Crippen LogP contribution in [-0.4, -0.2) is 4.98 Å². The van der Waals surface area contributed by atoms with E-state index in [0.717, 1.165) is 55.7 Å². The fourth-order valence-corrected chi connectivity index (χ4v) is 7.13. The molecule has 0 radical (unpaired) electrons. The molecule has 49 heavy (non-hydrogen) atoms. The Morgan fingerprint density at radius 1 is 0.429 bits per heavy atom. The third kappa shape index (κ3) is 4.49. The highest BCUT2D eigenvalue weighted by atomic mass is 16.4. The summed E-state index contributed by atoms with van der Waals surface area (Å²) in [6, 6.07) is 59.3. The maximum atomic E-state index is 6.76. The van der Waals surface area contributed by atoms with Gasteiger partial charge >= 0.3 is 0 Å². The predicted octanol–water partition coefficient (Wildman–Crippen LogP) is 12.8. The normalized spacial score (nSPS) is 11.7. The lowest BCUT2D eigenvalue weighted by Gasteiger charge is -2.26. The van der Waals surface area contributed by atoms with Gasteiger partial charge in [0.2, 0.25) is 5.89 Å². The molecule has 4 heteroatoms. The van der Waals surface area contributed by atoms with Crippen LogP contribution >= 0.6 is 0 Å². The standard InChI is InChI=1S/C45H28N2O2/c1-3-10-29(11-4-1)30-20-23-34(24-21-30)47(35-25-22-32-19-18-31-12-7-8-15-36(31)38(32)28-35)39-17-9-16-37-42-40(48-44(37)39)26-27-41-43(42)46-45(49-41)33-13-5-2-6-14-33/h1-28H. The first kappa shape index (κ1) is 27.5. The molecule has 0 aliphatic carbocycles. The SMILES string of the molecule is c1ccc(-c2ccc(N(c3ccc4ccc5ccccc5c4c3)c3cccc4c3oc3ccc5oc(-c6ccccc6)nc5c34)cc2)cc1. The summed E-state index contributed by atoms with van der Waals surface area (Å²) in [6.07, 6.45) is 0. The van der Waals surface area contributed by atoms with E-state index in [2.05, 4.69) is 126 Å². The molecule has 0 atom stereocenters. The van der Waals surface area contributed by atoms with Crippen LogP contribution in [0.5, 0.6) is 0 Å². The number of fused-ring (bicyclic) bond motifs is 8. The van der Waals surface area contributed by atoms with Gasteiger partial charge in [-0.1, -0.05) is 115 Å². The van der Waals surface area contributed by atoms with Crippen molar-refractivity contribution in [2.45, 2.75) is 0 Å². The Labute approximate surface area is 282 Å². The Kier molecular flexibility index (Phi) is 6.15. The molecule has 10 aromatic rings. The van der Waals surface area contributed by atoms with Crippen molar-refractivity contribution in [2.24, 2.45) is 0 Å². The molecule has 230 valence electrons. The maximum absolute atomic E-state index is 6.76. The summed E-state index contributed by atoms with van der Waals surface area (Å²) < 4.78 is 13.0. The number of rotatable bonds is 5. The van der Waals surface area contributed by atoms with E-state index in [1.807, 2.05) is 48.5 Å². The van der Waals surface area contributed by atoms with Crippen molar-refractivity contribution in [3.05, 3.63) is 170 Å². The Morgan fingerprint density at radius 2 is 1.06 bits per heavy atom. The molecule has 0 aliphatic rings. The van der Waals surface area contributed by atoms with Crippen LogP contribution in [0, 0.1) is 0 Å². The number of oxazole rings is 1. The zero-order valence-electron chi connectivity index (χ0n) is 26.4. The monoisotopic (exact) mass is 628 g/mol. The molecule has 0 spiro atoms. The van der Waals surface area contributed by atoms with Gasteiger partial charge < -0.3 is 13.7 Å². The van der Waals surface area contributed by atoms with Gasteiger partial charge in [0.1, 0.15) is 11.1 Å². The summed E-state index contributed by atoms with van der Waals surface area (Å²) in [4.78, 5) is 7.29. The van der Waals surface area contributed by atoms with Crippen LogP contribution in [0.2, 0.25) is 0 Å². The highest BCUT2D eigenvalue weighted by Crippen LogP contribution is 2.45. The van der Waals surface area contributed by atoms with Gasteiger partial charge in [-0.05, 0) is 87.3 Å². The highest BCUT2D eigenvalue weighted by Gasteiger charge is 2.22. The molecule has 0 bridgehead atoms. The van der Waals surface area contributed by atoms with Gasteiger partial charge in [-0.15, -0.1) is 0 Å². The van der Waals surface area contributed by atoms with E-state index in [1.54, 1.807) is 0 Å². The van der Waals surface area contributed by atoms with Gasteiger partial charge in [-0.2, -0.15) is 0 Å². The lowest BCUT2D eigenvalue weighted by Crippen LogP contribution is -2.10. The second-order valence-corrected chi connectivity index (χ2v) is 12.4. The van der Waals surface area contributed by atoms with Crippen molar-refractivity contribution in [1.82, 2.24) is 4.98 Å². The Hall–Kier alpha value is -6.65. The van der Waals surface area contributed by atoms with E-state index in [0.29, 0.717) is 5.89 Å². The van der Waals surface area contributed by atoms with Crippen LogP contribution in [-0.2, 0) is 0 Å². The Morgan fingerprint density at radius 3 is 1.88 bits per heavy atom. The number of nitrogens with zero attached hydrogens (tertiary/aromatic N) is 2. The summed E-state index contributed by atoms with van der Waals surface area (Å²) in [7, 11) is 0. The first-order chi connectivity index (χ1) is 24.3. The van der Waals surface area contributed by atoms with Crippen LogP contribution < -0.4 is 4.90 Å². The molecular formula is C45H28N2O2. The van der Waals surface area contributed by atoms with Crippen molar-refractivity contribution in [3.8, 4) is 22.6 Å². The van der Waals surface area contributed by atoms with Gasteiger partial charge in [-0.25, -0.2) is 4.98 Å². The second kappa shape index (κ2) is 11.0. The molecule has 0 amide bonds. The zero-order chi connectivity index (χ0) is 32.3. The first-order valence-electron chi connectivity index (χ1n) is 16.5. The molecule has 0 unspecified atom stereocenters. The number of hydrogen-bond acceptors (Lipinski definition) is 4. The van der Waals surface area contributed by atoms with Crippen LogP contribution in [0.3, 0.4) is 0 Å². The fourth-order valence-electron chi connectivity index (χ4n) is 7.13. The molecule has 0 saturated carbocycles. The molecule has 0 saturated heterocycles. The topological polar surface area (TPSA) is 42.4 Å². The number of hydrogen-bond donors (Lipinski definition) is 0. The summed E-state index contributed by atoms with van der Waals surface area (Å²) in [5.41, 5.74) is 9.40. The van der Waals surface area contributed by atoms with Crippen LogP contribution in [0.1, 0.15) is 0 Å². The molecule has 8 aromatic carbocycles. The molecule has 0 aliphatic heterocycles. The average Bonchev–Trinajstić information content (AvgIpc) is 3.78. The molecule has 10 rings (SSSR count). The molecule has 4 nitrogen and oxygen atoms in total. The van der Waals surface area contributed by atoms with E-state index >= 15 is 0 Å². The largest absolute Gasteiger partial charge is 0.454 e. The quantitative estimate of drug-likeness (QED) is 0.178.